The van der Waals surface area contributed by atoms with Crippen molar-refractivity contribution in [1.29, 1.82) is 0 Å². The van der Waals surface area contributed by atoms with E-state index in [4.69, 9.17) is 9.47 Å². The van der Waals surface area contributed by atoms with Crippen LogP contribution in [-0.4, -0.2) is 38.2 Å². The van der Waals surface area contributed by atoms with Crippen molar-refractivity contribution in [3.05, 3.63) is 41.5 Å². The van der Waals surface area contributed by atoms with Crippen LogP contribution in [0.2, 0.25) is 0 Å². The molecule has 8 heteroatoms. The number of benzene rings is 1. The second kappa shape index (κ2) is 10.3. The number of amides is 1. The average Bonchev–Trinajstić information content (AvgIpc) is 3.24. The highest BCUT2D eigenvalue weighted by molar-refractivity contribution is 7.20. The van der Waals surface area contributed by atoms with Crippen molar-refractivity contribution in [3.63, 3.8) is 0 Å². The van der Waals surface area contributed by atoms with Gasteiger partial charge in [0.1, 0.15) is 16.6 Å². The third-order valence-corrected chi connectivity index (χ3v) is 7.86. The van der Waals surface area contributed by atoms with Gasteiger partial charge in [0.2, 0.25) is 5.91 Å². The van der Waals surface area contributed by atoms with Crippen molar-refractivity contribution in [3.8, 4) is 10.4 Å². The van der Waals surface area contributed by atoms with E-state index in [1.165, 1.54) is 30.6 Å². The zero-order chi connectivity index (χ0) is 23.5. The summed E-state index contributed by atoms with van der Waals surface area (Å²) in [5.41, 5.74) is 0.411. The minimum atomic E-state index is -0.718. The highest BCUT2D eigenvalue weighted by atomic mass is 32.1. The van der Waals surface area contributed by atoms with Gasteiger partial charge in [0.15, 0.2) is 0 Å². The normalized spacial score (nSPS) is 21.6. The maximum absolute atomic E-state index is 14.6. The summed E-state index contributed by atoms with van der Waals surface area (Å²) in [4.78, 5) is 28.8. The first-order valence-electron chi connectivity index (χ1n) is 11.5. The number of thiophene rings is 1. The first-order valence-corrected chi connectivity index (χ1v) is 12.3. The van der Waals surface area contributed by atoms with E-state index in [1.54, 1.807) is 11.0 Å². The zero-order valence-electron chi connectivity index (χ0n) is 18.9. The molecule has 0 N–H and O–H groups in total. The van der Waals surface area contributed by atoms with Crippen molar-refractivity contribution in [2.24, 2.45) is 11.8 Å². The molecule has 0 spiro atoms. The molecule has 2 heterocycles. The fourth-order valence-corrected chi connectivity index (χ4v) is 5.98. The summed E-state index contributed by atoms with van der Waals surface area (Å²) < 4.78 is 38.5. The van der Waals surface area contributed by atoms with Gasteiger partial charge in [-0.3, -0.25) is 9.69 Å². The lowest BCUT2D eigenvalue weighted by Crippen LogP contribution is -2.47. The third kappa shape index (κ3) is 5.11. The Morgan fingerprint density at radius 2 is 1.76 bits per heavy atom. The van der Waals surface area contributed by atoms with Crippen LogP contribution >= 0.6 is 11.3 Å². The van der Waals surface area contributed by atoms with E-state index in [9.17, 15) is 18.4 Å². The van der Waals surface area contributed by atoms with Gasteiger partial charge >= 0.3 is 5.97 Å². The summed E-state index contributed by atoms with van der Waals surface area (Å²) in [6, 6.07) is 4.78. The largest absolute Gasteiger partial charge is 0.465 e. The van der Waals surface area contributed by atoms with E-state index in [0.29, 0.717) is 41.9 Å². The second-order valence-electron chi connectivity index (χ2n) is 8.95. The number of hydrogen-bond acceptors (Lipinski definition) is 5. The van der Waals surface area contributed by atoms with Gasteiger partial charge < -0.3 is 9.47 Å². The molecule has 0 atom stereocenters. The first kappa shape index (κ1) is 23.8. The molecular formula is C25H29F2NO4S. The topological polar surface area (TPSA) is 55.8 Å². The maximum atomic E-state index is 14.6. The smallest absolute Gasteiger partial charge is 0.340 e. The summed E-state index contributed by atoms with van der Waals surface area (Å²) in [5, 5.41) is 0.469. The van der Waals surface area contributed by atoms with Crippen LogP contribution in [0.1, 0.15) is 55.8 Å². The van der Waals surface area contributed by atoms with Crippen LogP contribution in [0.3, 0.4) is 0 Å². The summed E-state index contributed by atoms with van der Waals surface area (Å²) in [6.45, 7) is 3.28. The number of hydrogen-bond donors (Lipinski definition) is 0. The SMILES string of the molecule is COC(=O)c1cc(-c2ccc(F)cc2F)sc1N(C(=O)[C@H]1CC[C@H](C)CC1)C1CCOCC1. The van der Waals surface area contributed by atoms with Gasteiger partial charge in [-0.15, -0.1) is 11.3 Å². The molecule has 1 saturated heterocycles. The Morgan fingerprint density at radius 1 is 1.06 bits per heavy atom. The Balaban J connectivity index is 1.78. The number of nitrogens with zero attached hydrogens (tertiary/aromatic N) is 1. The van der Waals surface area contributed by atoms with Gasteiger partial charge in [0.05, 0.1) is 12.7 Å². The molecule has 1 aromatic carbocycles. The molecule has 1 aliphatic heterocycles. The van der Waals surface area contributed by atoms with E-state index in [-0.39, 0.29) is 29.0 Å². The van der Waals surface area contributed by atoms with Crippen LogP contribution in [0.4, 0.5) is 13.8 Å². The lowest BCUT2D eigenvalue weighted by molar-refractivity contribution is -0.124. The molecule has 0 radical (unpaired) electrons. The number of esters is 1. The summed E-state index contributed by atoms with van der Waals surface area (Å²) in [5.74, 6) is -1.48. The lowest BCUT2D eigenvalue weighted by Gasteiger charge is -2.37. The van der Waals surface area contributed by atoms with E-state index >= 15 is 0 Å². The van der Waals surface area contributed by atoms with Crippen molar-refractivity contribution >= 4 is 28.2 Å². The van der Waals surface area contributed by atoms with Crippen LogP contribution in [0, 0.1) is 23.5 Å². The van der Waals surface area contributed by atoms with Crippen molar-refractivity contribution < 1.29 is 27.8 Å². The maximum Gasteiger partial charge on any atom is 0.340 e. The Bertz CT molecular complexity index is 1010. The van der Waals surface area contributed by atoms with Crippen LogP contribution in [0.15, 0.2) is 24.3 Å². The Morgan fingerprint density at radius 3 is 2.39 bits per heavy atom. The number of carbonyl (C=O) groups excluding carboxylic acids is 2. The molecule has 2 aliphatic rings. The number of rotatable bonds is 5. The first-order chi connectivity index (χ1) is 15.9. The van der Waals surface area contributed by atoms with Gasteiger partial charge in [-0.1, -0.05) is 6.92 Å². The molecule has 5 nitrogen and oxygen atoms in total. The molecule has 178 valence electrons. The van der Waals surface area contributed by atoms with Crippen LogP contribution in [0.25, 0.3) is 10.4 Å². The molecule has 2 aromatic rings. The van der Waals surface area contributed by atoms with Crippen LogP contribution < -0.4 is 4.90 Å². The molecular weight excluding hydrogens is 448 g/mol. The van der Waals surface area contributed by atoms with E-state index < -0.39 is 17.6 Å². The summed E-state index contributed by atoms with van der Waals surface area (Å²) in [7, 11) is 1.28. The summed E-state index contributed by atoms with van der Waals surface area (Å²) in [6.07, 6.45) is 4.95. The van der Waals surface area contributed by atoms with Crippen LogP contribution in [-0.2, 0) is 14.3 Å². The molecule has 1 amide bonds. The third-order valence-electron chi connectivity index (χ3n) is 6.69. The van der Waals surface area contributed by atoms with Crippen molar-refractivity contribution in [2.45, 2.75) is 51.5 Å². The zero-order valence-corrected chi connectivity index (χ0v) is 19.8. The molecule has 2 fully saturated rings. The fourth-order valence-electron chi connectivity index (χ4n) is 4.73. The fraction of sp³-hybridized carbons (Fsp3) is 0.520. The molecule has 1 aromatic heterocycles. The molecule has 1 aliphatic carbocycles. The minimum absolute atomic E-state index is 0.00642. The number of anilines is 1. The predicted octanol–water partition coefficient (Wildman–Crippen LogP) is 5.82. The van der Waals surface area contributed by atoms with Crippen molar-refractivity contribution in [2.75, 3.05) is 25.2 Å². The highest BCUT2D eigenvalue weighted by Crippen LogP contribution is 2.42. The second-order valence-corrected chi connectivity index (χ2v) is 9.98. The average molecular weight is 478 g/mol. The molecule has 0 bridgehead atoms. The standard InChI is InChI=1S/C25H29F2NO4S/c1-15-3-5-16(6-4-15)23(29)28(18-9-11-32-12-10-18)24-20(25(30)31-2)14-22(33-24)19-8-7-17(26)13-21(19)27/h7-8,13-16,18H,3-6,9-12H2,1-2H3/t15-,16-. The Kier molecular flexibility index (Phi) is 7.44. The van der Waals surface area contributed by atoms with E-state index in [2.05, 4.69) is 6.92 Å². The van der Waals surface area contributed by atoms with E-state index in [0.717, 1.165) is 31.7 Å². The van der Waals surface area contributed by atoms with Gasteiger partial charge in [0, 0.05) is 41.7 Å². The number of halogens is 2. The monoisotopic (exact) mass is 477 g/mol. The van der Waals surface area contributed by atoms with E-state index in [1.807, 2.05) is 0 Å². The van der Waals surface area contributed by atoms with Gasteiger partial charge in [-0.2, -0.15) is 0 Å². The predicted molar refractivity (Wildman–Crippen MR) is 123 cm³/mol. The number of methoxy groups -OCH3 is 1. The van der Waals surface area contributed by atoms with Crippen molar-refractivity contribution in [1.82, 2.24) is 0 Å². The Hall–Kier alpha value is -2.32. The molecule has 33 heavy (non-hydrogen) atoms. The minimum Gasteiger partial charge on any atom is -0.465 e. The van der Waals surface area contributed by atoms with Gasteiger partial charge in [-0.05, 0) is 62.6 Å². The van der Waals surface area contributed by atoms with Gasteiger partial charge in [-0.25, -0.2) is 13.6 Å². The molecule has 0 unspecified atom stereocenters. The van der Waals surface area contributed by atoms with Crippen LogP contribution in [0.5, 0.6) is 0 Å². The highest BCUT2D eigenvalue weighted by Gasteiger charge is 2.37. The quantitative estimate of drug-likeness (QED) is 0.510. The summed E-state index contributed by atoms with van der Waals surface area (Å²) >= 11 is 1.17. The molecule has 1 saturated carbocycles. The number of ether oxygens (including phenoxy) is 2. The molecule has 4 rings (SSSR count). The lowest BCUT2D eigenvalue weighted by atomic mass is 9.82. The Labute approximate surface area is 196 Å². The number of carbonyl (C=O) groups is 2. The van der Waals surface area contributed by atoms with Gasteiger partial charge in [0.25, 0.3) is 0 Å².